The van der Waals surface area contributed by atoms with E-state index in [1.54, 1.807) is 17.0 Å². The molecule has 1 saturated heterocycles. The largest absolute Gasteiger partial charge is 0.469 e. The van der Waals surface area contributed by atoms with Gasteiger partial charge in [0.25, 0.3) is 0 Å². The summed E-state index contributed by atoms with van der Waals surface area (Å²) >= 11 is 0. The summed E-state index contributed by atoms with van der Waals surface area (Å²) in [7, 11) is -2.95. The molecule has 3 rings (SSSR count). The Kier molecular flexibility index (Phi) is 2.67. The van der Waals surface area contributed by atoms with Gasteiger partial charge in [-0.25, -0.2) is 13.1 Å². The number of aromatic nitrogens is 2. The van der Waals surface area contributed by atoms with E-state index in [1.165, 1.54) is 0 Å². The van der Waals surface area contributed by atoms with Crippen LogP contribution < -0.4 is 5.73 Å². The van der Waals surface area contributed by atoms with Gasteiger partial charge in [0.1, 0.15) is 11.6 Å². The minimum atomic E-state index is -2.95. The average molecular weight is 281 g/mol. The fourth-order valence-electron chi connectivity index (χ4n) is 2.45. The number of rotatable bonds is 2. The molecule has 2 aromatic rings. The molecule has 6 nitrogen and oxygen atoms in total. The molecule has 2 aromatic heterocycles. The maximum atomic E-state index is 11.5. The lowest BCUT2D eigenvalue weighted by Gasteiger charge is -2.09. The zero-order chi connectivity index (χ0) is 13.6. The Morgan fingerprint density at radius 2 is 2.32 bits per heavy atom. The minimum absolute atomic E-state index is 0.114. The molecule has 0 radical (unpaired) electrons. The second kappa shape index (κ2) is 4.12. The van der Waals surface area contributed by atoms with Crippen LogP contribution in [0.15, 0.2) is 22.8 Å². The second-order valence-corrected chi connectivity index (χ2v) is 7.08. The van der Waals surface area contributed by atoms with Crippen LogP contribution in [0.1, 0.15) is 18.2 Å². The highest BCUT2D eigenvalue weighted by atomic mass is 32.2. The number of sulfone groups is 1. The van der Waals surface area contributed by atoms with Crippen LogP contribution in [-0.4, -0.2) is 29.7 Å². The summed E-state index contributed by atoms with van der Waals surface area (Å²) in [5.41, 5.74) is 7.54. The summed E-state index contributed by atoms with van der Waals surface area (Å²) in [5, 5.41) is 4.43. The molecule has 1 aliphatic rings. The van der Waals surface area contributed by atoms with Gasteiger partial charge in [-0.1, -0.05) is 0 Å². The van der Waals surface area contributed by atoms with Crippen molar-refractivity contribution in [1.29, 1.82) is 0 Å². The van der Waals surface area contributed by atoms with Crippen molar-refractivity contribution in [3.8, 4) is 11.3 Å². The van der Waals surface area contributed by atoms with Crippen LogP contribution in [0, 0.1) is 6.92 Å². The van der Waals surface area contributed by atoms with Gasteiger partial charge in [-0.15, -0.1) is 0 Å². The normalized spacial score (nSPS) is 21.8. The van der Waals surface area contributed by atoms with E-state index in [0.29, 0.717) is 17.9 Å². The molecule has 0 amide bonds. The number of hydrogen-bond donors (Lipinski definition) is 1. The maximum absolute atomic E-state index is 11.5. The third-order valence-electron chi connectivity index (χ3n) is 3.45. The first-order chi connectivity index (χ1) is 8.96. The molecule has 1 unspecified atom stereocenters. The van der Waals surface area contributed by atoms with Crippen molar-refractivity contribution >= 4 is 15.7 Å². The summed E-state index contributed by atoms with van der Waals surface area (Å²) in [4.78, 5) is 0. The standard InChI is InChI=1S/C12H15N3O3S/c1-8-10(2-4-18-8)11-6-12(13)15(14-11)9-3-5-19(16,17)7-9/h2,4,6,9H,3,5,7,13H2,1H3. The van der Waals surface area contributed by atoms with Gasteiger partial charge >= 0.3 is 0 Å². The first-order valence-corrected chi connectivity index (χ1v) is 7.88. The van der Waals surface area contributed by atoms with Gasteiger partial charge in [0, 0.05) is 11.6 Å². The van der Waals surface area contributed by atoms with E-state index in [2.05, 4.69) is 5.10 Å². The molecular weight excluding hydrogens is 266 g/mol. The number of nitrogen functional groups attached to an aromatic ring is 1. The summed E-state index contributed by atoms with van der Waals surface area (Å²) in [6, 6.07) is 3.42. The molecule has 0 aliphatic carbocycles. The van der Waals surface area contributed by atoms with Crippen LogP contribution in [0.4, 0.5) is 5.82 Å². The van der Waals surface area contributed by atoms with E-state index in [9.17, 15) is 8.42 Å². The molecule has 1 atom stereocenters. The molecule has 7 heteroatoms. The van der Waals surface area contributed by atoms with Crippen molar-refractivity contribution in [2.75, 3.05) is 17.2 Å². The van der Waals surface area contributed by atoms with E-state index in [-0.39, 0.29) is 17.5 Å². The van der Waals surface area contributed by atoms with E-state index in [0.717, 1.165) is 11.3 Å². The van der Waals surface area contributed by atoms with Gasteiger partial charge in [0.2, 0.25) is 0 Å². The lowest BCUT2D eigenvalue weighted by molar-refractivity contribution is 0.507. The fourth-order valence-corrected chi connectivity index (χ4v) is 4.14. The zero-order valence-corrected chi connectivity index (χ0v) is 11.4. The molecule has 0 saturated carbocycles. The molecule has 19 heavy (non-hydrogen) atoms. The summed E-state index contributed by atoms with van der Waals surface area (Å²) < 4.78 is 29.9. The van der Waals surface area contributed by atoms with Crippen molar-refractivity contribution in [3.05, 3.63) is 24.2 Å². The zero-order valence-electron chi connectivity index (χ0n) is 10.5. The molecule has 0 bridgehead atoms. The Bertz CT molecular complexity index is 714. The predicted molar refractivity (Wildman–Crippen MR) is 71.4 cm³/mol. The highest BCUT2D eigenvalue weighted by molar-refractivity contribution is 7.91. The molecule has 1 aliphatic heterocycles. The van der Waals surface area contributed by atoms with E-state index in [4.69, 9.17) is 10.2 Å². The Labute approximate surface area is 111 Å². The Balaban J connectivity index is 1.97. The van der Waals surface area contributed by atoms with Gasteiger partial charge in [-0.3, -0.25) is 0 Å². The molecule has 1 fully saturated rings. The van der Waals surface area contributed by atoms with Crippen molar-refractivity contribution < 1.29 is 12.8 Å². The van der Waals surface area contributed by atoms with E-state index >= 15 is 0 Å². The van der Waals surface area contributed by atoms with Crippen LogP contribution in [0.2, 0.25) is 0 Å². The van der Waals surface area contributed by atoms with Gasteiger partial charge in [-0.05, 0) is 19.4 Å². The van der Waals surface area contributed by atoms with Crippen molar-refractivity contribution in [1.82, 2.24) is 9.78 Å². The molecule has 102 valence electrons. The Hall–Kier alpha value is -1.76. The van der Waals surface area contributed by atoms with Crippen LogP contribution in [0.3, 0.4) is 0 Å². The molecule has 0 aromatic carbocycles. The van der Waals surface area contributed by atoms with Crippen LogP contribution in [0.5, 0.6) is 0 Å². The van der Waals surface area contributed by atoms with Crippen molar-refractivity contribution in [3.63, 3.8) is 0 Å². The third-order valence-corrected chi connectivity index (χ3v) is 5.20. The number of hydrogen-bond acceptors (Lipinski definition) is 5. The molecule has 0 spiro atoms. The van der Waals surface area contributed by atoms with Crippen molar-refractivity contribution in [2.45, 2.75) is 19.4 Å². The Morgan fingerprint density at radius 3 is 2.89 bits per heavy atom. The topological polar surface area (TPSA) is 91.1 Å². The molecule has 2 N–H and O–H groups in total. The molecule has 3 heterocycles. The fraction of sp³-hybridized carbons (Fsp3) is 0.417. The second-order valence-electron chi connectivity index (χ2n) is 4.85. The van der Waals surface area contributed by atoms with E-state index < -0.39 is 9.84 Å². The van der Waals surface area contributed by atoms with Gasteiger partial charge in [0.15, 0.2) is 9.84 Å². The smallest absolute Gasteiger partial charge is 0.152 e. The highest BCUT2D eigenvalue weighted by Crippen LogP contribution is 2.30. The third kappa shape index (κ3) is 2.14. The highest BCUT2D eigenvalue weighted by Gasteiger charge is 2.31. The SMILES string of the molecule is Cc1occc1-c1cc(N)n(C2CCS(=O)(=O)C2)n1. The number of nitrogens with two attached hydrogens (primary N) is 1. The number of aryl methyl sites for hydroxylation is 1. The monoisotopic (exact) mass is 281 g/mol. The van der Waals surface area contributed by atoms with Gasteiger partial charge in [-0.2, -0.15) is 5.10 Å². The number of furan rings is 1. The minimum Gasteiger partial charge on any atom is -0.469 e. The molecular formula is C12H15N3O3S. The van der Waals surface area contributed by atoms with Crippen LogP contribution in [0.25, 0.3) is 11.3 Å². The predicted octanol–water partition coefficient (Wildman–Crippen LogP) is 1.39. The lowest BCUT2D eigenvalue weighted by atomic mass is 10.2. The first-order valence-electron chi connectivity index (χ1n) is 6.06. The average Bonchev–Trinajstić information content (AvgIpc) is 2.98. The van der Waals surface area contributed by atoms with Gasteiger partial charge < -0.3 is 10.2 Å². The van der Waals surface area contributed by atoms with E-state index in [1.807, 2.05) is 13.0 Å². The lowest BCUT2D eigenvalue weighted by Crippen LogP contribution is -2.14. The number of nitrogens with zero attached hydrogens (tertiary/aromatic N) is 2. The Morgan fingerprint density at radius 1 is 1.53 bits per heavy atom. The quantitative estimate of drug-likeness (QED) is 0.898. The van der Waals surface area contributed by atoms with Crippen LogP contribution >= 0.6 is 0 Å². The number of anilines is 1. The summed E-state index contributed by atoms with van der Waals surface area (Å²) in [5.74, 6) is 1.57. The van der Waals surface area contributed by atoms with Crippen molar-refractivity contribution in [2.24, 2.45) is 0 Å². The van der Waals surface area contributed by atoms with Crippen LogP contribution in [-0.2, 0) is 9.84 Å². The summed E-state index contributed by atoms with van der Waals surface area (Å²) in [6.45, 7) is 1.85. The van der Waals surface area contributed by atoms with Gasteiger partial charge in [0.05, 0.1) is 29.5 Å². The summed E-state index contributed by atoms with van der Waals surface area (Å²) in [6.07, 6.45) is 2.16. The first kappa shape index (κ1) is 12.3. The maximum Gasteiger partial charge on any atom is 0.152 e.